The van der Waals surface area contributed by atoms with E-state index in [1.807, 2.05) is 30.3 Å². The fourth-order valence-corrected chi connectivity index (χ4v) is 4.43. The Morgan fingerprint density at radius 2 is 1.66 bits per heavy atom. The molecule has 0 fully saturated rings. The highest BCUT2D eigenvalue weighted by molar-refractivity contribution is 5.88. The Bertz CT molecular complexity index is 1370. The maximum atomic E-state index is 13.2. The van der Waals surface area contributed by atoms with E-state index in [4.69, 9.17) is 9.15 Å². The molecule has 5 rings (SSSR count). The Kier molecular flexibility index (Phi) is 6.11. The minimum Gasteiger partial charge on any atom is -0.493 e. The number of methoxy groups -OCH3 is 1. The highest BCUT2D eigenvalue weighted by Crippen LogP contribution is 2.37. The molecule has 2 heterocycles. The number of benzene rings is 3. The Balaban J connectivity index is 1.35. The Labute approximate surface area is 200 Å². The standard InChI is InChI=1S/C28H23F4NO2/c1-34-26-15-18(17-33-12-10-20(11-13-33)19-4-8-24(29)9-5-19)14-22-16-25(35-27(22)26)21-2-6-23(7-3-21)28(30,31)32/h2-10,14-16H,11-13,17H2,1H3. The molecule has 0 aliphatic carbocycles. The van der Waals surface area contributed by atoms with Crippen LogP contribution in [0.25, 0.3) is 27.9 Å². The summed E-state index contributed by atoms with van der Waals surface area (Å²) in [4.78, 5) is 2.31. The van der Waals surface area contributed by atoms with E-state index in [0.29, 0.717) is 29.2 Å². The quantitative estimate of drug-likeness (QED) is 0.275. The molecule has 4 aromatic rings. The van der Waals surface area contributed by atoms with Crippen molar-refractivity contribution in [3.8, 4) is 17.1 Å². The molecule has 1 aromatic heterocycles. The van der Waals surface area contributed by atoms with Crippen molar-refractivity contribution in [2.75, 3.05) is 20.2 Å². The summed E-state index contributed by atoms with van der Waals surface area (Å²) in [5.41, 5.74) is 3.73. The van der Waals surface area contributed by atoms with E-state index in [2.05, 4.69) is 11.0 Å². The third-order valence-corrected chi connectivity index (χ3v) is 6.27. The molecule has 0 radical (unpaired) electrons. The number of nitrogens with zero attached hydrogens (tertiary/aromatic N) is 1. The number of hydrogen-bond acceptors (Lipinski definition) is 3. The predicted molar refractivity (Wildman–Crippen MR) is 127 cm³/mol. The topological polar surface area (TPSA) is 25.6 Å². The second kappa shape index (κ2) is 9.23. The first-order valence-electron chi connectivity index (χ1n) is 11.3. The maximum absolute atomic E-state index is 13.2. The van der Waals surface area contributed by atoms with Crippen molar-refractivity contribution in [1.29, 1.82) is 0 Å². The Morgan fingerprint density at radius 1 is 0.943 bits per heavy atom. The second-order valence-electron chi connectivity index (χ2n) is 8.62. The largest absolute Gasteiger partial charge is 0.493 e. The van der Waals surface area contributed by atoms with Crippen molar-refractivity contribution >= 4 is 16.5 Å². The first kappa shape index (κ1) is 23.2. The van der Waals surface area contributed by atoms with Gasteiger partial charge in [-0.3, -0.25) is 4.90 Å². The van der Waals surface area contributed by atoms with Crippen molar-refractivity contribution in [2.24, 2.45) is 0 Å². The average molecular weight is 481 g/mol. The smallest absolute Gasteiger partial charge is 0.416 e. The molecule has 3 aromatic carbocycles. The van der Waals surface area contributed by atoms with E-state index in [1.54, 1.807) is 7.11 Å². The number of furan rings is 1. The predicted octanol–water partition coefficient (Wildman–Crippen LogP) is 7.56. The highest BCUT2D eigenvalue weighted by Gasteiger charge is 2.30. The van der Waals surface area contributed by atoms with Crippen LogP contribution in [0.1, 0.15) is 23.1 Å². The van der Waals surface area contributed by atoms with Crippen molar-refractivity contribution < 1.29 is 26.7 Å². The minimum atomic E-state index is -4.38. The van der Waals surface area contributed by atoms with Crippen LogP contribution in [0.3, 0.4) is 0 Å². The number of halogens is 4. The molecule has 0 N–H and O–H groups in total. The van der Waals surface area contributed by atoms with Crippen LogP contribution in [0.5, 0.6) is 5.75 Å². The number of ether oxygens (including phenoxy) is 1. The van der Waals surface area contributed by atoms with Crippen molar-refractivity contribution in [1.82, 2.24) is 4.90 Å². The number of alkyl halides is 3. The van der Waals surface area contributed by atoms with Gasteiger partial charge < -0.3 is 9.15 Å². The van der Waals surface area contributed by atoms with Gasteiger partial charge >= 0.3 is 6.18 Å². The van der Waals surface area contributed by atoms with Gasteiger partial charge in [0.25, 0.3) is 0 Å². The van der Waals surface area contributed by atoms with Crippen LogP contribution in [-0.4, -0.2) is 25.1 Å². The lowest BCUT2D eigenvalue weighted by atomic mass is 9.99. The lowest BCUT2D eigenvalue weighted by Crippen LogP contribution is -2.28. The van der Waals surface area contributed by atoms with Crippen LogP contribution < -0.4 is 4.74 Å². The molecule has 0 saturated heterocycles. The first-order valence-corrected chi connectivity index (χ1v) is 11.3. The SMILES string of the molecule is COc1cc(CN2CC=C(c3ccc(F)cc3)CC2)cc2cc(-c3ccc(C(F)(F)F)cc3)oc12. The molecule has 0 saturated carbocycles. The van der Waals surface area contributed by atoms with Gasteiger partial charge in [0, 0.05) is 30.6 Å². The normalized spacial score (nSPS) is 14.8. The molecule has 0 bridgehead atoms. The average Bonchev–Trinajstić information content (AvgIpc) is 3.28. The third kappa shape index (κ3) is 4.95. The zero-order valence-electron chi connectivity index (χ0n) is 19.0. The fraction of sp³-hybridized carbons (Fsp3) is 0.214. The summed E-state index contributed by atoms with van der Waals surface area (Å²) >= 11 is 0. The fourth-order valence-electron chi connectivity index (χ4n) is 4.43. The maximum Gasteiger partial charge on any atom is 0.416 e. The molecule has 180 valence electrons. The minimum absolute atomic E-state index is 0.239. The van der Waals surface area contributed by atoms with Crippen LogP contribution in [0.2, 0.25) is 0 Å². The molecule has 0 unspecified atom stereocenters. The number of rotatable bonds is 5. The summed E-state index contributed by atoms with van der Waals surface area (Å²) in [6, 6.07) is 17.3. The van der Waals surface area contributed by atoms with Crippen LogP contribution in [0.15, 0.2) is 77.2 Å². The molecule has 35 heavy (non-hydrogen) atoms. The summed E-state index contributed by atoms with van der Waals surface area (Å²) in [5.74, 6) is 0.820. The van der Waals surface area contributed by atoms with Crippen LogP contribution >= 0.6 is 0 Å². The van der Waals surface area contributed by atoms with Gasteiger partial charge in [-0.05, 0) is 65.6 Å². The van der Waals surface area contributed by atoms with E-state index >= 15 is 0 Å². The van der Waals surface area contributed by atoms with Gasteiger partial charge in [0.1, 0.15) is 11.6 Å². The molecule has 0 spiro atoms. The molecule has 1 aliphatic heterocycles. The Hall–Kier alpha value is -3.58. The molecular formula is C28H23F4NO2. The monoisotopic (exact) mass is 481 g/mol. The van der Waals surface area contributed by atoms with Crippen LogP contribution in [0, 0.1) is 5.82 Å². The Morgan fingerprint density at radius 3 is 2.29 bits per heavy atom. The second-order valence-corrected chi connectivity index (χ2v) is 8.62. The third-order valence-electron chi connectivity index (χ3n) is 6.27. The number of fused-ring (bicyclic) bond motifs is 1. The van der Waals surface area contributed by atoms with Crippen LogP contribution in [0.4, 0.5) is 17.6 Å². The van der Waals surface area contributed by atoms with E-state index in [-0.39, 0.29) is 5.82 Å². The lowest BCUT2D eigenvalue weighted by molar-refractivity contribution is -0.137. The molecular weight excluding hydrogens is 458 g/mol. The summed E-state index contributed by atoms with van der Waals surface area (Å²) in [6.07, 6.45) is -1.34. The molecule has 0 atom stereocenters. The van der Waals surface area contributed by atoms with Crippen molar-refractivity contribution in [3.05, 3.63) is 95.3 Å². The van der Waals surface area contributed by atoms with Gasteiger partial charge in [0.05, 0.1) is 12.7 Å². The van der Waals surface area contributed by atoms with Crippen molar-refractivity contribution in [2.45, 2.75) is 19.1 Å². The zero-order valence-corrected chi connectivity index (χ0v) is 19.0. The van der Waals surface area contributed by atoms with Crippen molar-refractivity contribution in [3.63, 3.8) is 0 Å². The van der Waals surface area contributed by atoms with E-state index in [0.717, 1.165) is 48.2 Å². The molecule has 0 amide bonds. The van der Waals surface area contributed by atoms with Gasteiger partial charge in [-0.1, -0.05) is 30.3 Å². The summed E-state index contributed by atoms with van der Waals surface area (Å²) in [5, 5.41) is 0.828. The van der Waals surface area contributed by atoms with E-state index < -0.39 is 11.7 Å². The van der Waals surface area contributed by atoms with E-state index in [9.17, 15) is 17.6 Å². The van der Waals surface area contributed by atoms with Gasteiger partial charge in [0.15, 0.2) is 11.3 Å². The van der Waals surface area contributed by atoms with Crippen LogP contribution in [-0.2, 0) is 12.7 Å². The highest BCUT2D eigenvalue weighted by atomic mass is 19.4. The van der Waals surface area contributed by atoms with Gasteiger partial charge in [-0.2, -0.15) is 13.2 Å². The molecule has 3 nitrogen and oxygen atoms in total. The molecule has 1 aliphatic rings. The first-order chi connectivity index (χ1) is 16.8. The van der Waals surface area contributed by atoms with Gasteiger partial charge in [-0.15, -0.1) is 0 Å². The summed E-state index contributed by atoms with van der Waals surface area (Å²) in [6.45, 7) is 2.35. The summed E-state index contributed by atoms with van der Waals surface area (Å²) in [7, 11) is 1.57. The molecule has 7 heteroatoms. The lowest BCUT2D eigenvalue weighted by Gasteiger charge is -2.26. The van der Waals surface area contributed by atoms with Gasteiger partial charge in [0.2, 0.25) is 0 Å². The van der Waals surface area contributed by atoms with E-state index in [1.165, 1.54) is 29.8 Å². The zero-order chi connectivity index (χ0) is 24.6. The van der Waals surface area contributed by atoms with Gasteiger partial charge in [-0.25, -0.2) is 4.39 Å². The summed E-state index contributed by atoms with van der Waals surface area (Å²) < 4.78 is 63.4. The number of hydrogen-bond donors (Lipinski definition) is 0.